The first-order valence-electron chi connectivity index (χ1n) is 8.00. The van der Waals surface area contributed by atoms with Gasteiger partial charge >= 0.3 is 0 Å². The number of aromatic amines is 1. The highest BCUT2D eigenvalue weighted by atomic mass is 35.5. The molecule has 1 aromatic carbocycles. The van der Waals surface area contributed by atoms with Gasteiger partial charge in [0.15, 0.2) is 0 Å². The van der Waals surface area contributed by atoms with E-state index in [0.29, 0.717) is 16.6 Å². The Kier molecular flexibility index (Phi) is 4.37. The van der Waals surface area contributed by atoms with Crippen LogP contribution < -0.4 is 4.90 Å². The highest BCUT2D eigenvalue weighted by molar-refractivity contribution is 6.42. The third-order valence-corrected chi connectivity index (χ3v) is 5.04. The Morgan fingerprint density at radius 1 is 1.12 bits per heavy atom. The first kappa shape index (κ1) is 16.4. The van der Waals surface area contributed by atoms with Crippen molar-refractivity contribution in [2.24, 2.45) is 0 Å². The van der Waals surface area contributed by atoms with Crippen molar-refractivity contribution < 1.29 is 5.11 Å². The third kappa shape index (κ3) is 3.35. The fourth-order valence-electron chi connectivity index (χ4n) is 2.94. The number of anilines is 1. The highest BCUT2D eigenvalue weighted by Crippen LogP contribution is 2.29. The Hall–Kier alpha value is -2.08. The van der Waals surface area contributed by atoms with Crippen LogP contribution in [0.2, 0.25) is 10.0 Å². The van der Waals surface area contributed by atoms with Gasteiger partial charge in [0.2, 0.25) is 0 Å². The Bertz CT molecular complexity index is 894. The van der Waals surface area contributed by atoms with Gasteiger partial charge in [0.05, 0.1) is 21.8 Å². The van der Waals surface area contributed by atoms with Crippen molar-refractivity contribution in [3.63, 3.8) is 0 Å². The van der Waals surface area contributed by atoms with Crippen molar-refractivity contribution in [3.8, 4) is 22.6 Å². The normalized spacial score (nSPS) is 17.2. The number of aromatic nitrogens is 3. The number of imidazole rings is 1. The molecule has 25 heavy (non-hydrogen) atoms. The Balaban J connectivity index is 1.56. The van der Waals surface area contributed by atoms with Gasteiger partial charge in [0, 0.05) is 36.6 Å². The van der Waals surface area contributed by atoms with Gasteiger partial charge in [-0.2, -0.15) is 0 Å². The summed E-state index contributed by atoms with van der Waals surface area (Å²) >= 11 is 12.0. The van der Waals surface area contributed by atoms with Gasteiger partial charge < -0.3 is 15.0 Å². The van der Waals surface area contributed by atoms with Gasteiger partial charge in [-0.1, -0.05) is 29.3 Å². The Morgan fingerprint density at radius 2 is 1.96 bits per heavy atom. The van der Waals surface area contributed by atoms with Crippen LogP contribution in [-0.2, 0) is 0 Å². The number of benzene rings is 1. The number of pyridine rings is 1. The Labute approximate surface area is 155 Å². The summed E-state index contributed by atoms with van der Waals surface area (Å²) in [4.78, 5) is 14.4. The molecule has 0 bridgehead atoms. The molecule has 1 atom stereocenters. The summed E-state index contributed by atoms with van der Waals surface area (Å²) in [5, 5.41) is 10.7. The summed E-state index contributed by atoms with van der Waals surface area (Å²) < 4.78 is 0. The van der Waals surface area contributed by atoms with Crippen molar-refractivity contribution in [2.45, 2.75) is 12.5 Å². The zero-order chi connectivity index (χ0) is 17.4. The van der Waals surface area contributed by atoms with Crippen molar-refractivity contribution in [2.75, 3.05) is 18.0 Å². The maximum atomic E-state index is 9.64. The number of aliphatic hydroxyl groups is 1. The van der Waals surface area contributed by atoms with Crippen LogP contribution in [0.3, 0.4) is 0 Å². The van der Waals surface area contributed by atoms with Crippen LogP contribution >= 0.6 is 23.2 Å². The molecule has 128 valence electrons. The quantitative estimate of drug-likeness (QED) is 0.726. The lowest BCUT2D eigenvalue weighted by atomic mass is 10.2. The summed E-state index contributed by atoms with van der Waals surface area (Å²) in [5.41, 5.74) is 2.59. The maximum Gasteiger partial charge on any atom is 0.139 e. The molecule has 0 amide bonds. The lowest BCUT2D eigenvalue weighted by molar-refractivity contribution is 0.198. The standard InChI is InChI=1S/C18H16Cl2N4O/c19-14-3-1-11(7-15(14)20)16-9-22-18(23-16)12-2-4-17(21-8-12)24-6-5-13(25)10-24/h1-4,7-9,13,25H,5-6,10H2,(H,22,23). The lowest BCUT2D eigenvalue weighted by Crippen LogP contribution is -2.21. The molecule has 2 N–H and O–H groups in total. The van der Waals surface area contributed by atoms with E-state index < -0.39 is 0 Å². The van der Waals surface area contributed by atoms with E-state index in [2.05, 4.69) is 19.9 Å². The number of rotatable bonds is 3. The monoisotopic (exact) mass is 374 g/mol. The van der Waals surface area contributed by atoms with Gasteiger partial charge in [0.1, 0.15) is 11.6 Å². The molecule has 2 aromatic heterocycles. The van der Waals surface area contributed by atoms with Gasteiger partial charge in [-0.3, -0.25) is 0 Å². The van der Waals surface area contributed by atoms with E-state index in [9.17, 15) is 5.11 Å². The number of β-amino-alcohol motifs (C(OH)–C–C–N with tert-alkyl or cyclic N) is 1. The number of hydrogen-bond acceptors (Lipinski definition) is 4. The van der Waals surface area contributed by atoms with Gasteiger partial charge in [-0.05, 0) is 30.7 Å². The minimum absolute atomic E-state index is 0.264. The van der Waals surface area contributed by atoms with Crippen LogP contribution in [0.25, 0.3) is 22.6 Å². The predicted molar refractivity (Wildman–Crippen MR) is 100 cm³/mol. The first-order valence-corrected chi connectivity index (χ1v) is 8.76. The molecule has 5 nitrogen and oxygen atoms in total. The van der Waals surface area contributed by atoms with Crippen molar-refractivity contribution in [1.82, 2.24) is 15.0 Å². The van der Waals surface area contributed by atoms with Crippen LogP contribution in [0, 0.1) is 0 Å². The van der Waals surface area contributed by atoms with E-state index in [1.807, 2.05) is 24.4 Å². The summed E-state index contributed by atoms with van der Waals surface area (Å²) in [6.07, 6.45) is 4.14. The zero-order valence-corrected chi connectivity index (χ0v) is 14.8. The molecule has 3 aromatic rings. The number of aliphatic hydroxyl groups excluding tert-OH is 1. The number of H-pyrrole nitrogens is 1. The zero-order valence-electron chi connectivity index (χ0n) is 13.3. The van der Waals surface area contributed by atoms with E-state index in [-0.39, 0.29) is 6.10 Å². The van der Waals surface area contributed by atoms with Crippen LogP contribution in [0.4, 0.5) is 5.82 Å². The van der Waals surface area contributed by atoms with Crippen molar-refractivity contribution in [1.29, 1.82) is 0 Å². The number of nitrogens with one attached hydrogen (secondary N) is 1. The maximum absolute atomic E-state index is 9.64. The topological polar surface area (TPSA) is 65.0 Å². The molecule has 0 aliphatic carbocycles. The molecular formula is C18H16Cl2N4O. The van der Waals surface area contributed by atoms with Crippen molar-refractivity contribution in [3.05, 3.63) is 52.8 Å². The fourth-order valence-corrected chi connectivity index (χ4v) is 3.23. The molecule has 1 fully saturated rings. The summed E-state index contributed by atoms with van der Waals surface area (Å²) in [7, 11) is 0. The van der Waals surface area contributed by atoms with E-state index in [1.54, 1.807) is 18.3 Å². The molecule has 1 aliphatic heterocycles. The van der Waals surface area contributed by atoms with Crippen LogP contribution in [0.15, 0.2) is 42.7 Å². The van der Waals surface area contributed by atoms with Gasteiger partial charge in [-0.15, -0.1) is 0 Å². The fraction of sp³-hybridized carbons (Fsp3) is 0.222. The molecule has 7 heteroatoms. The number of halogens is 2. The average molecular weight is 375 g/mol. The van der Waals surface area contributed by atoms with E-state index in [1.165, 1.54) is 0 Å². The minimum atomic E-state index is -0.264. The molecule has 1 saturated heterocycles. The van der Waals surface area contributed by atoms with Gasteiger partial charge in [0.25, 0.3) is 0 Å². The summed E-state index contributed by atoms with van der Waals surface area (Å²) in [5.74, 6) is 1.61. The third-order valence-electron chi connectivity index (χ3n) is 4.30. The van der Waals surface area contributed by atoms with Gasteiger partial charge in [-0.25, -0.2) is 9.97 Å². The van der Waals surface area contributed by atoms with E-state index in [4.69, 9.17) is 23.2 Å². The Morgan fingerprint density at radius 3 is 2.64 bits per heavy atom. The second kappa shape index (κ2) is 6.67. The first-order chi connectivity index (χ1) is 12.1. The largest absolute Gasteiger partial charge is 0.391 e. The van der Waals surface area contributed by atoms with E-state index >= 15 is 0 Å². The highest BCUT2D eigenvalue weighted by Gasteiger charge is 2.21. The number of nitrogens with zero attached hydrogens (tertiary/aromatic N) is 3. The second-order valence-electron chi connectivity index (χ2n) is 6.06. The molecular weight excluding hydrogens is 359 g/mol. The summed E-state index contributed by atoms with van der Waals surface area (Å²) in [6.45, 7) is 1.46. The second-order valence-corrected chi connectivity index (χ2v) is 6.87. The lowest BCUT2D eigenvalue weighted by Gasteiger charge is -2.16. The minimum Gasteiger partial charge on any atom is -0.391 e. The SMILES string of the molecule is OC1CCN(c2ccc(-c3nc(-c4ccc(Cl)c(Cl)c4)c[nH]3)cn2)C1. The molecule has 4 rings (SSSR count). The molecule has 0 spiro atoms. The van der Waals surface area contributed by atoms with Crippen molar-refractivity contribution >= 4 is 29.0 Å². The number of hydrogen-bond donors (Lipinski definition) is 2. The smallest absolute Gasteiger partial charge is 0.139 e. The molecule has 1 unspecified atom stereocenters. The summed E-state index contributed by atoms with van der Waals surface area (Å²) in [6, 6.07) is 9.37. The van der Waals surface area contributed by atoms with Crippen LogP contribution in [0.1, 0.15) is 6.42 Å². The van der Waals surface area contributed by atoms with E-state index in [0.717, 1.165) is 41.4 Å². The average Bonchev–Trinajstić information content (AvgIpc) is 3.27. The molecule has 1 aliphatic rings. The molecule has 3 heterocycles. The van der Waals surface area contributed by atoms with Crippen LogP contribution in [-0.4, -0.2) is 39.3 Å². The molecule has 0 radical (unpaired) electrons. The predicted octanol–water partition coefficient (Wildman–Crippen LogP) is 4.02. The van der Waals surface area contributed by atoms with Crippen LogP contribution in [0.5, 0.6) is 0 Å². The molecule has 0 saturated carbocycles.